The number of benzene rings is 1. The average molecular weight is 438 g/mol. The van der Waals surface area contributed by atoms with Gasteiger partial charge in [0.1, 0.15) is 0 Å². The molecule has 1 aliphatic rings. The minimum absolute atomic E-state index is 0.0840. The van der Waals surface area contributed by atoms with Gasteiger partial charge in [0.2, 0.25) is 5.91 Å². The average Bonchev–Trinajstić information content (AvgIpc) is 3.08. The Labute approximate surface area is 184 Å². The number of pyridine rings is 1. The number of allylic oxidation sites excluding steroid dienone is 1. The Morgan fingerprint density at radius 2 is 2.07 bits per heavy atom. The Morgan fingerprint density at radius 1 is 1.27 bits per heavy atom. The number of carbonyl (C=O) groups is 1. The van der Waals surface area contributed by atoms with Crippen molar-refractivity contribution in [2.75, 3.05) is 17.2 Å². The van der Waals surface area contributed by atoms with Crippen LogP contribution in [0.4, 0.5) is 5.69 Å². The maximum absolute atomic E-state index is 13.1. The number of fused-ring (bicyclic) bond motifs is 1. The Balaban J connectivity index is 1.53. The minimum Gasteiger partial charge on any atom is -0.311 e. The van der Waals surface area contributed by atoms with Crippen LogP contribution in [0, 0.1) is 0 Å². The van der Waals surface area contributed by atoms with E-state index in [0.717, 1.165) is 34.9 Å². The van der Waals surface area contributed by atoms with Crippen LogP contribution >= 0.6 is 23.5 Å². The number of rotatable bonds is 6. The summed E-state index contributed by atoms with van der Waals surface area (Å²) in [4.78, 5) is 20.3. The van der Waals surface area contributed by atoms with Crippen LogP contribution in [0.15, 0.2) is 71.5 Å². The largest absolute Gasteiger partial charge is 0.311 e. The van der Waals surface area contributed by atoms with Crippen molar-refractivity contribution < 1.29 is 4.79 Å². The van der Waals surface area contributed by atoms with Gasteiger partial charge in [-0.3, -0.25) is 14.3 Å². The fourth-order valence-electron chi connectivity index (χ4n) is 3.35. The summed E-state index contributed by atoms with van der Waals surface area (Å²) in [5, 5.41) is 9.87. The Kier molecular flexibility index (Phi) is 6.54. The molecular formula is C22H23N5OS2. The number of hydrogen-bond donors (Lipinski definition) is 0. The molecule has 0 aliphatic carbocycles. The lowest BCUT2D eigenvalue weighted by molar-refractivity contribution is -0.116. The van der Waals surface area contributed by atoms with E-state index in [9.17, 15) is 4.79 Å². The smallest absolute Gasteiger partial charge is 0.237 e. The molecule has 0 saturated carbocycles. The summed E-state index contributed by atoms with van der Waals surface area (Å²) in [6.45, 7) is 7.36. The summed E-state index contributed by atoms with van der Waals surface area (Å²) < 4.78 is 1.98. The molecule has 0 radical (unpaired) electrons. The van der Waals surface area contributed by atoms with Crippen LogP contribution in [-0.4, -0.2) is 43.2 Å². The summed E-state index contributed by atoms with van der Waals surface area (Å²) in [7, 11) is 0. The second-order valence-corrected chi connectivity index (χ2v) is 9.38. The van der Waals surface area contributed by atoms with E-state index < -0.39 is 0 Å². The Morgan fingerprint density at radius 3 is 2.87 bits per heavy atom. The summed E-state index contributed by atoms with van der Waals surface area (Å²) >= 11 is 3.25. The highest BCUT2D eigenvalue weighted by Gasteiger charge is 2.25. The fourth-order valence-corrected chi connectivity index (χ4v) is 5.29. The summed E-state index contributed by atoms with van der Waals surface area (Å²) in [6, 6.07) is 11.9. The first-order valence-corrected chi connectivity index (χ1v) is 11.7. The van der Waals surface area contributed by atoms with Crippen LogP contribution in [0.25, 0.3) is 11.4 Å². The standard InChI is InChI=1S/C22H23N5OS2/c1-3-13-27-21(17-8-11-23-12-9-17)24-25-22(27)29-15-20(28)26-14-10-16(2)30-19-7-5-4-6-18(19)26/h3-9,11-12,16H,1,10,13-15H2,2H3. The number of para-hydroxylation sites is 1. The van der Waals surface area contributed by atoms with E-state index >= 15 is 0 Å². The van der Waals surface area contributed by atoms with E-state index in [4.69, 9.17) is 0 Å². The molecular weight excluding hydrogens is 414 g/mol. The molecule has 1 aromatic carbocycles. The summed E-state index contributed by atoms with van der Waals surface area (Å²) in [6.07, 6.45) is 6.24. The van der Waals surface area contributed by atoms with Gasteiger partial charge in [0.05, 0.1) is 11.4 Å². The zero-order chi connectivity index (χ0) is 20.9. The van der Waals surface area contributed by atoms with Gasteiger partial charge >= 0.3 is 0 Å². The van der Waals surface area contributed by atoms with Gasteiger partial charge in [0.15, 0.2) is 11.0 Å². The molecule has 1 atom stereocenters. The van der Waals surface area contributed by atoms with Crippen molar-refractivity contribution in [3.63, 3.8) is 0 Å². The highest BCUT2D eigenvalue weighted by atomic mass is 32.2. The highest BCUT2D eigenvalue weighted by Crippen LogP contribution is 2.37. The van der Waals surface area contributed by atoms with Crippen LogP contribution in [0.5, 0.6) is 0 Å². The zero-order valence-electron chi connectivity index (χ0n) is 16.8. The van der Waals surface area contributed by atoms with Gasteiger partial charge in [-0.1, -0.05) is 36.9 Å². The Hall–Kier alpha value is -2.58. The maximum atomic E-state index is 13.1. The molecule has 0 fully saturated rings. The molecule has 3 heterocycles. The second kappa shape index (κ2) is 9.49. The number of aromatic nitrogens is 4. The van der Waals surface area contributed by atoms with Crippen LogP contribution < -0.4 is 4.90 Å². The predicted molar refractivity (Wildman–Crippen MR) is 123 cm³/mol. The third kappa shape index (κ3) is 4.44. The number of amides is 1. The molecule has 1 unspecified atom stereocenters. The van der Waals surface area contributed by atoms with Gasteiger partial charge in [-0.25, -0.2) is 0 Å². The molecule has 154 valence electrons. The lowest BCUT2D eigenvalue weighted by atomic mass is 10.2. The lowest BCUT2D eigenvalue weighted by Gasteiger charge is -2.22. The summed E-state index contributed by atoms with van der Waals surface area (Å²) in [5.41, 5.74) is 1.94. The van der Waals surface area contributed by atoms with Crippen molar-refractivity contribution >= 4 is 35.1 Å². The molecule has 8 heteroatoms. The van der Waals surface area contributed by atoms with Gasteiger partial charge in [-0.15, -0.1) is 28.5 Å². The topological polar surface area (TPSA) is 63.9 Å². The fraction of sp³-hybridized carbons (Fsp3) is 0.273. The van der Waals surface area contributed by atoms with Gasteiger partial charge in [0.25, 0.3) is 0 Å². The molecule has 0 bridgehead atoms. The molecule has 30 heavy (non-hydrogen) atoms. The second-order valence-electron chi connectivity index (χ2n) is 6.96. The van der Waals surface area contributed by atoms with E-state index in [1.54, 1.807) is 12.4 Å². The van der Waals surface area contributed by atoms with Gasteiger partial charge in [-0.2, -0.15) is 0 Å². The van der Waals surface area contributed by atoms with Crippen molar-refractivity contribution in [1.29, 1.82) is 0 Å². The lowest BCUT2D eigenvalue weighted by Crippen LogP contribution is -2.33. The molecule has 0 spiro atoms. The van der Waals surface area contributed by atoms with Gasteiger partial charge in [-0.05, 0) is 30.7 Å². The maximum Gasteiger partial charge on any atom is 0.237 e. The molecule has 2 aromatic heterocycles. The number of thioether (sulfide) groups is 2. The van der Waals surface area contributed by atoms with Crippen LogP contribution in [0.3, 0.4) is 0 Å². The summed E-state index contributed by atoms with van der Waals surface area (Å²) in [5.74, 6) is 1.14. The number of hydrogen-bond acceptors (Lipinski definition) is 6. The van der Waals surface area contributed by atoms with Crippen LogP contribution in [0.1, 0.15) is 13.3 Å². The first kappa shape index (κ1) is 20.7. The van der Waals surface area contributed by atoms with Crippen LogP contribution in [-0.2, 0) is 11.3 Å². The molecule has 0 saturated heterocycles. The van der Waals surface area contributed by atoms with Crippen LogP contribution in [0.2, 0.25) is 0 Å². The third-order valence-corrected chi connectivity index (χ3v) is 7.03. The SMILES string of the molecule is C=CCn1c(SCC(=O)N2CCC(C)Sc3ccccc32)nnc1-c1ccncc1. The normalized spacial score (nSPS) is 16.0. The first-order chi connectivity index (χ1) is 14.7. The zero-order valence-corrected chi connectivity index (χ0v) is 18.4. The van der Waals surface area contributed by atoms with Crippen molar-refractivity contribution in [2.24, 2.45) is 0 Å². The minimum atomic E-state index is 0.0840. The monoisotopic (exact) mass is 437 g/mol. The van der Waals surface area contributed by atoms with E-state index in [2.05, 4.69) is 34.8 Å². The van der Waals surface area contributed by atoms with Crippen molar-refractivity contribution in [3.05, 3.63) is 61.4 Å². The molecule has 1 aliphatic heterocycles. The molecule has 4 rings (SSSR count). The predicted octanol–water partition coefficient (Wildman–Crippen LogP) is 4.54. The van der Waals surface area contributed by atoms with E-state index in [1.807, 2.05) is 57.6 Å². The molecule has 3 aromatic rings. The van der Waals surface area contributed by atoms with Crippen molar-refractivity contribution in [3.8, 4) is 11.4 Å². The van der Waals surface area contributed by atoms with Gasteiger partial charge in [0, 0.05) is 41.2 Å². The van der Waals surface area contributed by atoms with E-state index in [1.165, 1.54) is 11.8 Å². The number of carbonyl (C=O) groups excluding carboxylic acids is 1. The van der Waals surface area contributed by atoms with Gasteiger partial charge < -0.3 is 4.90 Å². The number of nitrogens with zero attached hydrogens (tertiary/aromatic N) is 5. The highest BCUT2D eigenvalue weighted by molar-refractivity contribution is 8.00. The Bertz CT molecular complexity index is 1040. The third-order valence-electron chi connectivity index (χ3n) is 4.84. The van der Waals surface area contributed by atoms with E-state index in [0.29, 0.717) is 22.7 Å². The molecule has 0 N–H and O–H groups in total. The quantitative estimate of drug-likeness (QED) is 0.417. The van der Waals surface area contributed by atoms with E-state index in [-0.39, 0.29) is 5.91 Å². The molecule has 6 nitrogen and oxygen atoms in total. The number of anilines is 1. The first-order valence-electron chi connectivity index (χ1n) is 9.80. The van der Waals surface area contributed by atoms with Crippen molar-refractivity contribution in [2.45, 2.75) is 35.2 Å². The van der Waals surface area contributed by atoms with Crippen molar-refractivity contribution in [1.82, 2.24) is 19.7 Å². The molecule has 1 amide bonds.